The first-order valence-corrected chi connectivity index (χ1v) is 5.98. The van der Waals surface area contributed by atoms with Crippen molar-refractivity contribution in [3.8, 4) is 11.7 Å². The van der Waals surface area contributed by atoms with Crippen molar-refractivity contribution in [2.45, 2.75) is 57.1 Å². The minimum absolute atomic E-state index is 0.764. The van der Waals surface area contributed by atoms with Crippen LogP contribution in [0.1, 0.15) is 45.4 Å². The van der Waals surface area contributed by atoms with Crippen molar-refractivity contribution in [3.05, 3.63) is 0 Å². The monoisotopic (exact) mass is 191 g/mol. The zero-order valence-electron chi connectivity index (χ0n) is 9.38. The molecule has 2 heterocycles. The van der Waals surface area contributed by atoms with Crippen LogP contribution in [0.2, 0.25) is 11.6 Å². The molecule has 2 bridgehead atoms. The lowest BCUT2D eigenvalue weighted by atomic mass is 9.20. The third-order valence-corrected chi connectivity index (χ3v) is 4.46. The summed E-state index contributed by atoms with van der Waals surface area (Å²) in [7, 11) is 1.88. The molecule has 0 aliphatic carbocycles. The normalized spacial score (nSPS) is 41.3. The quantitative estimate of drug-likeness (QED) is 0.456. The third kappa shape index (κ3) is 1.39. The van der Waals surface area contributed by atoms with E-state index < -0.39 is 6.35 Å². The number of hydrogen-bond donors (Lipinski definition) is 0. The molecule has 2 aliphatic rings. The number of fused-ring (bicyclic) bond motifs is 2. The summed E-state index contributed by atoms with van der Waals surface area (Å²) in [4.78, 5) is 0. The Bertz CT molecular complexity index is 241. The molecule has 1 nitrogen and oxygen atoms in total. The van der Waals surface area contributed by atoms with Crippen molar-refractivity contribution in [2.75, 3.05) is 7.11 Å². The van der Waals surface area contributed by atoms with Crippen LogP contribution in [-0.4, -0.2) is 13.5 Å². The molecule has 2 rings (SSSR count). The van der Waals surface area contributed by atoms with Crippen LogP contribution < -0.4 is 0 Å². The molecule has 78 valence electrons. The van der Waals surface area contributed by atoms with Gasteiger partial charge in [-0.15, -0.1) is 11.6 Å². The Morgan fingerprint density at radius 3 is 1.93 bits per heavy atom. The van der Waals surface area contributed by atoms with E-state index in [1.54, 1.807) is 0 Å². The maximum absolute atomic E-state index is 5.88. The van der Waals surface area contributed by atoms with Crippen LogP contribution in [-0.2, 0) is 4.65 Å². The lowest BCUT2D eigenvalue weighted by molar-refractivity contribution is 0.310. The van der Waals surface area contributed by atoms with E-state index in [1.165, 1.54) is 38.5 Å². The fourth-order valence-corrected chi connectivity index (χ4v) is 3.85. The SMILES string of the molecule is CC#C[B-]1(OC)C2CCCC1CCC2. The topological polar surface area (TPSA) is 9.23 Å². The van der Waals surface area contributed by atoms with E-state index in [0.29, 0.717) is 0 Å². The molecule has 0 N–H and O–H groups in total. The Balaban J connectivity index is 2.31. The second-order valence-electron chi connectivity index (χ2n) is 4.93. The molecule has 0 amide bonds. The molecule has 14 heavy (non-hydrogen) atoms. The van der Waals surface area contributed by atoms with E-state index in [2.05, 4.69) is 11.7 Å². The maximum atomic E-state index is 5.88. The van der Waals surface area contributed by atoms with Gasteiger partial charge in [-0.2, -0.15) is 5.92 Å². The highest BCUT2D eigenvalue weighted by Crippen LogP contribution is 2.52. The fourth-order valence-electron chi connectivity index (χ4n) is 3.85. The number of rotatable bonds is 1. The lowest BCUT2D eigenvalue weighted by Gasteiger charge is -2.55. The average molecular weight is 191 g/mol. The molecule has 0 aromatic heterocycles. The van der Waals surface area contributed by atoms with Crippen molar-refractivity contribution in [1.29, 1.82) is 0 Å². The van der Waals surface area contributed by atoms with E-state index >= 15 is 0 Å². The summed E-state index contributed by atoms with van der Waals surface area (Å²) in [6, 6.07) is 0. The molecule has 2 aliphatic heterocycles. The maximum Gasteiger partial charge on any atom is 0.191 e. The molecule has 2 fully saturated rings. The second kappa shape index (κ2) is 3.99. The van der Waals surface area contributed by atoms with Gasteiger partial charge in [0.2, 0.25) is 0 Å². The first kappa shape index (κ1) is 10.1. The summed E-state index contributed by atoms with van der Waals surface area (Å²) in [5, 5.41) is 0. The van der Waals surface area contributed by atoms with Crippen molar-refractivity contribution in [2.24, 2.45) is 0 Å². The molecule has 0 radical (unpaired) electrons. The van der Waals surface area contributed by atoms with Crippen LogP contribution in [0.3, 0.4) is 0 Å². The standard InChI is InChI=1S/C12H20BO/c1-3-10-13(14-2)11-6-4-7-12(13)9-5-8-11/h11-12H,4-9H2,1-2H3/q-1. The Labute approximate surface area is 87.5 Å². The van der Waals surface area contributed by atoms with E-state index in [1.807, 2.05) is 14.0 Å². The predicted molar refractivity (Wildman–Crippen MR) is 61.4 cm³/mol. The molecule has 2 saturated heterocycles. The largest absolute Gasteiger partial charge is 0.582 e. The Morgan fingerprint density at radius 1 is 1.07 bits per heavy atom. The van der Waals surface area contributed by atoms with Gasteiger partial charge in [-0.1, -0.05) is 38.5 Å². The van der Waals surface area contributed by atoms with Gasteiger partial charge in [-0.25, -0.2) is 0 Å². The Kier molecular flexibility index (Phi) is 2.88. The smallest absolute Gasteiger partial charge is 0.191 e. The molecule has 0 atom stereocenters. The van der Waals surface area contributed by atoms with Gasteiger partial charge in [0, 0.05) is 0 Å². The number of hydrogen-bond acceptors (Lipinski definition) is 1. The van der Waals surface area contributed by atoms with Crippen LogP contribution in [0.4, 0.5) is 0 Å². The fraction of sp³-hybridized carbons (Fsp3) is 0.833. The van der Waals surface area contributed by atoms with Crippen LogP contribution in [0.15, 0.2) is 0 Å². The molecule has 0 spiro atoms. The van der Waals surface area contributed by atoms with E-state index in [-0.39, 0.29) is 0 Å². The van der Waals surface area contributed by atoms with Gasteiger partial charge in [0.05, 0.1) is 0 Å². The summed E-state index contributed by atoms with van der Waals surface area (Å²) in [5.41, 5.74) is 0. The summed E-state index contributed by atoms with van der Waals surface area (Å²) in [6.07, 6.45) is 7.39. The van der Waals surface area contributed by atoms with Gasteiger partial charge >= 0.3 is 0 Å². The summed E-state index contributed by atoms with van der Waals surface area (Å²) in [6.45, 7) is 1.95. The van der Waals surface area contributed by atoms with Crippen molar-refractivity contribution >= 4 is 6.35 Å². The second-order valence-corrected chi connectivity index (χ2v) is 4.93. The van der Waals surface area contributed by atoms with Gasteiger partial charge in [0.1, 0.15) is 0 Å². The molecule has 0 saturated carbocycles. The zero-order valence-corrected chi connectivity index (χ0v) is 9.38. The van der Waals surface area contributed by atoms with Gasteiger partial charge in [-0.05, 0) is 14.0 Å². The highest BCUT2D eigenvalue weighted by Gasteiger charge is 2.43. The summed E-state index contributed by atoms with van der Waals surface area (Å²) >= 11 is 0. The molecule has 0 aromatic carbocycles. The molecular formula is C12H20BO-. The first-order valence-electron chi connectivity index (χ1n) is 5.98. The highest BCUT2D eigenvalue weighted by molar-refractivity contribution is 6.84. The zero-order chi connectivity index (χ0) is 10.0. The molecule has 0 unspecified atom stereocenters. The summed E-state index contributed by atoms with van der Waals surface area (Å²) < 4.78 is 5.88. The van der Waals surface area contributed by atoms with Crippen LogP contribution in [0.5, 0.6) is 0 Å². The molecule has 2 heteroatoms. The Hall–Kier alpha value is -0.415. The van der Waals surface area contributed by atoms with Gasteiger partial charge in [-0.3, -0.25) is 5.82 Å². The van der Waals surface area contributed by atoms with Crippen molar-refractivity contribution < 1.29 is 4.65 Å². The highest BCUT2D eigenvalue weighted by atomic mass is 16.4. The van der Waals surface area contributed by atoms with Crippen LogP contribution in [0, 0.1) is 11.7 Å². The Morgan fingerprint density at radius 2 is 1.57 bits per heavy atom. The van der Waals surface area contributed by atoms with Gasteiger partial charge in [0.25, 0.3) is 0 Å². The minimum Gasteiger partial charge on any atom is -0.582 e. The molecular weight excluding hydrogens is 171 g/mol. The van der Waals surface area contributed by atoms with E-state index in [0.717, 1.165) is 11.6 Å². The van der Waals surface area contributed by atoms with Gasteiger partial charge < -0.3 is 4.65 Å². The van der Waals surface area contributed by atoms with Crippen molar-refractivity contribution in [1.82, 2.24) is 0 Å². The average Bonchev–Trinajstić information content (AvgIpc) is 2.17. The van der Waals surface area contributed by atoms with E-state index in [4.69, 9.17) is 4.65 Å². The predicted octanol–water partition coefficient (Wildman–Crippen LogP) is 3.25. The van der Waals surface area contributed by atoms with Gasteiger partial charge in [0.15, 0.2) is 6.35 Å². The third-order valence-electron chi connectivity index (χ3n) is 4.46. The molecule has 0 aromatic rings. The first-order chi connectivity index (χ1) is 6.83. The van der Waals surface area contributed by atoms with Crippen molar-refractivity contribution in [3.63, 3.8) is 0 Å². The lowest BCUT2D eigenvalue weighted by Crippen LogP contribution is -2.50. The van der Waals surface area contributed by atoms with Crippen LogP contribution in [0.25, 0.3) is 0 Å². The van der Waals surface area contributed by atoms with Crippen LogP contribution >= 0.6 is 0 Å². The minimum atomic E-state index is -0.792. The summed E-state index contributed by atoms with van der Waals surface area (Å²) in [5.74, 6) is 8.08. The van der Waals surface area contributed by atoms with E-state index in [9.17, 15) is 0 Å².